The number of hydrogen-bond donors (Lipinski definition) is 7. The molecule has 0 radical (unpaired) electrons. The van der Waals surface area contributed by atoms with Crippen LogP contribution in [0.25, 0.3) is 0 Å². The molecular weight excluding hydrogens is 237 g/mol. The number of rotatable bonds is 6. The third kappa shape index (κ3) is 45.3. The number of nitrogens with zero attached hydrogens (tertiary/aromatic N) is 1. The van der Waals surface area contributed by atoms with Gasteiger partial charge in [0.25, 0.3) is 0 Å². The zero-order valence-electron chi connectivity index (χ0n) is 10.9. The summed E-state index contributed by atoms with van der Waals surface area (Å²) in [6.07, 6.45) is 1.13. The molecule has 0 aliphatic carbocycles. The number of hydrogen-bond acceptors (Lipinski definition) is 9. The zero-order chi connectivity index (χ0) is 14.8. The molecule has 104 valence electrons. The molecule has 9 nitrogen and oxygen atoms in total. The van der Waals surface area contributed by atoms with Gasteiger partial charge in [0.15, 0.2) is 0 Å². The Morgan fingerprint density at radius 1 is 1.22 bits per heavy atom. The third-order valence-electron chi connectivity index (χ3n) is 1.06. The van der Waals surface area contributed by atoms with Gasteiger partial charge in [-0.15, -0.1) is 0 Å². The van der Waals surface area contributed by atoms with E-state index in [4.69, 9.17) is 15.8 Å². The Balaban J connectivity index is -0.000000216. The van der Waals surface area contributed by atoms with Crippen molar-refractivity contribution in [3.63, 3.8) is 0 Å². The molecule has 0 aromatic rings. The topological polar surface area (TPSA) is 172 Å². The van der Waals surface area contributed by atoms with Gasteiger partial charge in [0, 0.05) is 13.3 Å². The fourth-order valence-electron chi connectivity index (χ4n) is 0.451. The van der Waals surface area contributed by atoms with Crippen molar-refractivity contribution < 1.29 is 14.8 Å². The summed E-state index contributed by atoms with van der Waals surface area (Å²) in [5.74, 6) is 0. The molecule has 0 saturated carbocycles. The van der Waals surface area contributed by atoms with E-state index < -0.39 is 14.1 Å². The molecule has 0 spiro atoms. The van der Waals surface area contributed by atoms with Crippen molar-refractivity contribution in [3.8, 4) is 0 Å². The average molecular weight is 260 g/mol. The van der Waals surface area contributed by atoms with Gasteiger partial charge < -0.3 is 27.5 Å². The number of aliphatic imine (C=N–C) groups is 1. The van der Waals surface area contributed by atoms with Crippen LogP contribution in [0.5, 0.6) is 0 Å². The second kappa shape index (κ2) is 21.6. The SMILES string of the molecule is CB(O)NCN.CB(O)NCN=CB=O.NCN. The summed E-state index contributed by atoms with van der Waals surface area (Å²) >= 11 is 0. The van der Waals surface area contributed by atoms with Gasteiger partial charge in [-0.2, -0.15) is 0 Å². The molecule has 0 bridgehead atoms. The molecule has 18 heavy (non-hydrogen) atoms. The molecule has 0 unspecified atom stereocenters. The van der Waals surface area contributed by atoms with E-state index >= 15 is 0 Å². The van der Waals surface area contributed by atoms with Gasteiger partial charge in [-0.25, -0.2) is 0 Å². The minimum absolute atomic E-state index is 0.250. The first kappa shape index (κ1) is 22.6. The largest absolute Gasteiger partial charge is 0.319 e. The average Bonchev–Trinajstić information content (AvgIpc) is 2.26. The molecule has 0 aromatic carbocycles. The van der Waals surface area contributed by atoms with Gasteiger partial charge in [-0.05, 0) is 6.82 Å². The molecular formula is C6H23B3N6O3. The number of nitrogens with one attached hydrogen (secondary N) is 2. The van der Waals surface area contributed by atoms with Crippen LogP contribution in [0, 0.1) is 0 Å². The van der Waals surface area contributed by atoms with Crippen LogP contribution in [0.1, 0.15) is 0 Å². The Bertz CT molecular complexity index is 186. The summed E-state index contributed by atoms with van der Waals surface area (Å²) in [6, 6.07) is 0. The van der Waals surface area contributed by atoms with Gasteiger partial charge >= 0.3 is 60.8 Å². The molecule has 0 saturated heterocycles. The van der Waals surface area contributed by atoms with Crippen LogP contribution in [-0.4, -0.2) is 57.4 Å². The van der Waals surface area contributed by atoms with E-state index in [1.54, 1.807) is 13.6 Å². The number of nitrogens with two attached hydrogens (primary N) is 3. The maximum Gasteiger partial charge on any atom is 0.0403 e. The molecule has 0 aliphatic rings. The monoisotopic (exact) mass is 260 g/mol. The van der Waals surface area contributed by atoms with Crippen molar-refractivity contribution in [2.24, 2.45) is 22.2 Å². The van der Waals surface area contributed by atoms with Gasteiger partial charge in [-0.3, -0.25) is 0 Å². The van der Waals surface area contributed by atoms with E-state index in [-0.39, 0.29) is 13.3 Å². The van der Waals surface area contributed by atoms with Crippen LogP contribution in [0.4, 0.5) is 0 Å². The van der Waals surface area contributed by atoms with Crippen molar-refractivity contribution in [2.75, 3.05) is 20.0 Å². The van der Waals surface area contributed by atoms with E-state index in [9.17, 15) is 4.70 Å². The Labute approximate surface area is 109 Å². The second-order valence-corrected chi connectivity index (χ2v) is 2.83. The van der Waals surface area contributed by atoms with Crippen molar-refractivity contribution in [2.45, 2.75) is 13.6 Å². The first-order valence-electron chi connectivity index (χ1n) is 5.32. The van der Waals surface area contributed by atoms with E-state index in [0.29, 0.717) is 13.8 Å². The van der Waals surface area contributed by atoms with E-state index in [0.717, 1.165) is 6.11 Å². The van der Waals surface area contributed by atoms with Gasteiger partial charge in [0.1, 0.15) is 0 Å². The fraction of sp³-hybridized carbons (Fsp3) is 0.833. The van der Waals surface area contributed by atoms with E-state index in [2.05, 4.69) is 26.9 Å². The second-order valence-electron chi connectivity index (χ2n) is 2.83. The first-order chi connectivity index (χ1) is 8.45. The Hall–Kier alpha value is -0.615. The van der Waals surface area contributed by atoms with Gasteiger partial charge in [0.05, 0.1) is 0 Å². The smallest absolute Gasteiger partial charge is 0.0403 e. The molecule has 0 aliphatic heterocycles. The summed E-state index contributed by atoms with van der Waals surface area (Å²) in [5.41, 5.74) is 14.2. The maximum atomic E-state index is 9.61. The standard InChI is InChI=1S/C3H8B2N2O2.C2H9BN2O.CH6N2/c1-5(9)7-3-6-2-4-8;1-3(6)5-2-4;2-1-3/h2,7,9H,3H2,1H3;5-6H,2,4H2,1H3;1-3H2. The minimum Gasteiger partial charge on any atom is -0.319 e. The maximum absolute atomic E-state index is 9.61. The van der Waals surface area contributed by atoms with Crippen molar-refractivity contribution in [1.82, 2.24) is 10.5 Å². The minimum atomic E-state index is -0.575. The van der Waals surface area contributed by atoms with Crippen LogP contribution >= 0.6 is 0 Å². The zero-order valence-corrected chi connectivity index (χ0v) is 10.9. The fourth-order valence-corrected chi connectivity index (χ4v) is 0.451. The van der Waals surface area contributed by atoms with Crippen LogP contribution in [0.3, 0.4) is 0 Å². The van der Waals surface area contributed by atoms with Gasteiger partial charge in [0.2, 0.25) is 0 Å². The Morgan fingerprint density at radius 2 is 1.67 bits per heavy atom. The molecule has 12 heteroatoms. The summed E-state index contributed by atoms with van der Waals surface area (Å²) in [5, 5.41) is 22.1. The molecule has 0 aromatic heterocycles. The van der Waals surface area contributed by atoms with Crippen molar-refractivity contribution in [1.29, 1.82) is 0 Å². The quantitative estimate of drug-likeness (QED) is 0.144. The van der Waals surface area contributed by atoms with Gasteiger partial charge in [-0.1, -0.05) is 0 Å². The Morgan fingerprint density at radius 3 is 1.89 bits per heavy atom. The predicted octanol–water partition coefficient (Wildman–Crippen LogP) is -3.81. The molecule has 0 heterocycles. The molecule has 0 amide bonds. The van der Waals surface area contributed by atoms with Crippen molar-refractivity contribution in [3.05, 3.63) is 0 Å². The Kier molecular flexibility index (Phi) is 27.1. The predicted molar refractivity (Wildman–Crippen MR) is 76.0 cm³/mol. The summed E-state index contributed by atoms with van der Waals surface area (Å²) in [7, 11) is -0.465. The summed E-state index contributed by atoms with van der Waals surface area (Å²) in [6.45, 7) is 4.05. The molecule has 0 atom stereocenters. The van der Waals surface area contributed by atoms with E-state index in [1.807, 2.05) is 0 Å². The third-order valence-corrected chi connectivity index (χ3v) is 1.06. The molecule has 0 rings (SSSR count). The molecule has 10 N–H and O–H groups in total. The van der Waals surface area contributed by atoms with Crippen LogP contribution < -0.4 is 27.7 Å². The van der Waals surface area contributed by atoms with Crippen LogP contribution in [0.15, 0.2) is 4.99 Å². The first-order valence-corrected chi connectivity index (χ1v) is 5.32. The van der Waals surface area contributed by atoms with E-state index in [1.165, 1.54) is 0 Å². The van der Waals surface area contributed by atoms with Crippen molar-refractivity contribution >= 4 is 27.4 Å². The molecule has 0 fully saturated rings. The normalized spacial score (nSPS) is 8.61. The van der Waals surface area contributed by atoms with Crippen LogP contribution in [0.2, 0.25) is 13.6 Å². The summed E-state index contributed by atoms with van der Waals surface area (Å²) in [4.78, 5) is 3.57. The van der Waals surface area contributed by atoms with Crippen LogP contribution in [-0.2, 0) is 4.70 Å². The summed E-state index contributed by atoms with van der Waals surface area (Å²) < 4.78 is 9.61.